The molecule has 1 aliphatic heterocycles. The summed E-state index contributed by atoms with van der Waals surface area (Å²) in [7, 11) is 0. The van der Waals surface area contributed by atoms with Crippen LogP contribution in [0.5, 0.6) is 0 Å². The summed E-state index contributed by atoms with van der Waals surface area (Å²) < 4.78 is 0. The van der Waals surface area contributed by atoms with Gasteiger partial charge in [-0.3, -0.25) is 14.6 Å². The highest BCUT2D eigenvalue weighted by molar-refractivity contribution is 5.81. The molecule has 3 atom stereocenters. The Balaban J connectivity index is 1.44. The maximum absolute atomic E-state index is 12.7. The largest absolute Gasteiger partial charge is 0.352 e. The Hall–Kier alpha value is -1.39. The summed E-state index contributed by atoms with van der Waals surface area (Å²) >= 11 is 0. The number of carbonyl (C=O) groups is 1. The molecule has 2 aliphatic rings. The fourth-order valence-electron chi connectivity index (χ4n) is 4.15. The second-order valence-electron chi connectivity index (χ2n) is 7.85. The molecule has 1 aromatic rings. The highest BCUT2D eigenvalue weighted by atomic mass is 16.2. The normalized spacial score (nSPS) is 27.0. The molecule has 138 valence electrons. The lowest BCUT2D eigenvalue weighted by molar-refractivity contribution is -0.127. The van der Waals surface area contributed by atoms with Crippen molar-refractivity contribution in [1.82, 2.24) is 15.1 Å². The molecule has 1 amide bonds. The van der Waals surface area contributed by atoms with Gasteiger partial charge < -0.3 is 5.32 Å². The molecule has 2 fully saturated rings. The van der Waals surface area contributed by atoms with E-state index in [9.17, 15) is 4.79 Å². The second-order valence-corrected chi connectivity index (χ2v) is 7.85. The van der Waals surface area contributed by atoms with Crippen LogP contribution in [-0.4, -0.2) is 54.0 Å². The number of piperazine rings is 1. The molecule has 0 bridgehead atoms. The molecule has 25 heavy (non-hydrogen) atoms. The Bertz CT molecular complexity index is 539. The standard InChI is InChI=1S/C21H33N3O/c1-17-8-6-7-11-20(17)22-21(25)18(2)24-14-12-23(13-15-24)16-19-9-4-3-5-10-19/h3-5,9-10,17-18,20H,6-8,11-16H2,1-2H3,(H,22,25)/t17-,18+,20+/m0/s1. The van der Waals surface area contributed by atoms with Crippen LogP contribution < -0.4 is 5.32 Å². The van der Waals surface area contributed by atoms with Gasteiger partial charge in [-0.15, -0.1) is 0 Å². The number of nitrogens with one attached hydrogen (secondary N) is 1. The van der Waals surface area contributed by atoms with Gasteiger partial charge in [-0.25, -0.2) is 0 Å². The van der Waals surface area contributed by atoms with Gasteiger partial charge in [-0.05, 0) is 31.2 Å². The third kappa shape index (κ3) is 5.05. The number of nitrogens with zero attached hydrogens (tertiary/aromatic N) is 2. The van der Waals surface area contributed by atoms with Crippen LogP contribution in [0.1, 0.15) is 45.1 Å². The monoisotopic (exact) mass is 343 g/mol. The molecule has 1 N–H and O–H groups in total. The van der Waals surface area contributed by atoms with Crippen molar-refractivity contribution in [1.29, 1.82) is 0 Å². The maximum Gasteiger partial charge on any atom is 0.237 e. The molecule has 1 heterocycles. The summed E-state index contributed by atoms with van der Waals surface area (Å²) in [5.74, 6) is 0.836. The van der Waals surface area contributed by atoms with Crippen LogP contribution in [0.4, 0.5) is 0 Å². The predicted molar refractivity (Wildman–Crippen MR) is 102 cm³/mol. The SMILES string of the molecule is C[C@H](C(=O)N[C@@H]1CCCC[C@@H]1C)N1CCN(Cc2ccccc2)CC1. The Morgan fingerprint density at radius 2 is 1.80 bits per heavy atom. The number of hydrogen-bond acceptors (Lipinski definition) is 3. The molecule has 4 nitrogen and oxygen atoms in total. The Morgan fingerprint density at radius 3 is 2.48 bits per heavy atom. The summed E-state index contributed by atoms with van der Waals surface area (Å²) in [6.07, 6.45) is 4.95. The van der Waals surface area contributed by atoms with Gasteiger partial charge in [-0.2, -0.15) is 0 Å². The average Bonchev–Trinajstić information content (AvgIpc) is 2.64. The van der Waals surface area contributed by atoms with E-state index in [0.717, 1.165) is 39.1 Å². The minimum atomic E-state index is -0.0204. The van der Waals surface area contributed by atoms with Gasteiger partial charge in [0.15, 0.2) is 0 Å². The fraction of sp³-hybridized carbons (Fsp3) is 0.667. The van der Waals surface area contributed by atoms with Crippen molar-refractivity contribution in [3.8, 4) is 0 Å². The van der Waals surface area contributed by atoms with E-state index < -0.39 is 0 Å². The van der Waals surface area contributed by atoms with Gasteiger partial charge in [0.05, 0.1) is 6.04 Å². The molecule has 0 radical (unpaired) electrons. The Labute approximate surface area is 152 Å². The smallest absolute Gasteiger partial charge is 0.237 e. The zero-order valence-corrected chi connectivity index (χ0v) is 15.8. The molecule has 1 aromatic carbocycles. The van der Waals surface area contributed by atoms with Gasteiger partial charge in [0, 0.05) is 38.8 Å². The predicted octanol–water partition coefficient (Wildman–Crippen LogP) is 2.89. The van der Waals surface area contributed by atoms with E-state index in [-0.39, 0.29) is 11.9 Å². The Morgan fingerprint density at radius 1 is 1.12 bits per heavy atom. The third-order valence-electron chi connectivity index (χ3n) is 6.02. The van der Waals surface area contributed by atoms with E-state index in [2.05, 4.69) is 59.3 Å². The van der Waals surface area contributed by atoms with E-state index in [1.54, 1.807) is 0 Å². The summed E-state index contributed by atoms with van der Waals surface area (Å²) in [6, 6.07) is 11.0. The van der Waals surface area contributed by atoms with Crippen LogP contribution in [0, 0.1) is 5.92 Å². The van der Waals surface area contributed by atoms with E-state index in [0.29, 0.717) is 12.0 Å². The lowest BCUT2D eigenvalue weighted by Gasteiger charge is -2.38. The highest BCUT2D eigenvalue weighted by Gasteiger charge is 2.29. The zero-order valence-electron chi connectivity index (χ0n) is 15.8. The molecular formula is C21H33N3O. The maximum atomic E-state index is 12.7. The number of hydrogen-bond donors (Lipinski definition) is 1. The second kappa shape index (κ2) is 8.81. The minimum Gasteiger partial charge on any atom is -0.352 e. The molecule has 1 saturated heterocycles. The minimum absolute atomic E-state index is 0.0204. The molecule has 3 rings (SSSR count). The highest BCUT2D eigenvalue weighted by Crippen LogP contribution is 2.24. The number of carbonyl (C=O) groups excluding carboxylic acids is 1. The van der Waals surface area contributed by atoms with Gasteiger partial charge in [-0.1, -0.05) is 50.1 Å². The molecule has 0 spiro atoms. The van der Waals surface area contributed by atoms with Crippen LogP contribution in [0.3, 0.4) is 0 Å². The van der Waals surface area contributed by atoms with Crippen LogP contribution in [0.25, 0.3) is 0 Å². The molecule has 0 aromatic heterocycles. The van der Waals surface area contributed by atoms with Crippen molar-refractivity contribution in [3.05, 3.63) is 35.9 Å². The van der Waals surface area contributed by atoms with Crippen LogP contribution in [-0.2, 0) is 11.3 Å². The molecule has 1 saturated carbocycles. The van der Waals surface area contributed by atoms with Gasteiger partial charge in [0.25, 0.3) is 0 Å². The van der Waals surface area contributed by atoms with Crippen molar-refractivity contribution < 1.29 is 4.79 Å². The van der Waals surface area contributed by atoms with Crippen molar-refractivity contribution in [2.24, 2.45) is 5.92 Å². The zero-order chi connectivity index (χ0) is 17.6. The van der Waals surface area contributed by atoms with E-state index in [1.165, 1.54) is 24.8 Å². The molecule has 4 heteroatoms. The molecular weight excluding hydrogens is 310 g/mol. The summed E-state index contributed by atoms with van der Waals surface area (Å²) in [4.78, 5) is 17.5. The van der Waals surface area contributed by atoms with Crippen LogP contribution in [0.2, 0.25) is 0 Å². The fourth-order valence-corrected chi connectivity index (χ4v) is 4.15. The van der Waals surface area contributed by atoms with E-state index in [4.69, 9.17) is 0 Å². The summed E-state index contributed by atoms with van der Waals surface area (Å²) in [6.45, 7) is 9.36. The lowest BCUT2D eigenvalue weighted by atomic mass is 9.86. The van der Waals surface area contributed by atoms with Gasteiger partial charge in [0.2, 0.25) is 5.91 Å². The first-order chi connectivity index (χ1) is 12.1. The quantitative estimate of drug-likeness (QED) is 0.893. The Kier molecular flexibility index (Phi) is 6.49. The van der Waals surface area contributed by atoms with Crippen LogP contribution >= 0.6 is 0 Å². The van der Waals surface area contributed by atoms with E-state index in [1.807, 2.05) is 0 Å². The van der Waals surface area contributed by atoms with E-state index >= 15 is 0 Å². The summed E-state index contributed by atoms with van der Waals surface area (Å²) in [5.41, 5.74) is 1.37. The van der Waals surface area contributed by atoms with Crippen molar-refractivity contribution >= 4 is 5.91 Å². The third-order valence-corrected chi connectivity index (χ3v) is 6.02. The first-order valence-electron chi connectivity index (χ1n) is 9.94. The first-order valence-corrected chi connectivity index (χ1v) is 9.94. The van der Waals surface area contributed by atoms with Gasteiger partial charge in [0.1, 0.15) is 0 Å². The van der Waals surface area contributed by atoms with Gasteiger partial charge >= 0.3 is 0 Å². The average molecular weight is 344 g/mol. The summed E-state index contributed by atoms with van der Waals surface area (Å²) in [5, 5.41) is 3.32. The van der Waals surface area contributed by atoms with Crippen molar-refractivity contribution in [2.45, 2.75) is 58.2 Å². The molecule has 0 unspecified atom stereocenters. The first kappa shape index (κ1) is 18.4. The topological polar surface area (TPSA) is 35.6 Å². The lowest BCUT2D eigenvalue weighted by Crippen LogP contribution is -2.55. The number of benzene rings is 1. The van der Waals surface area contributed by atoms with Crippen molar-refractivity contribution in [2.75, 3.05) is 26.2 Å². The number of amides is 1. The van der Waals surface area contributed by atoms with Crippen molar-refractivity contribution in [3.63, 3.8) is 0 Å². The van der Waals surface area contributed by atoms with Crippen LogP contribution in [0.15, 0.2) is 30.3 Å². The molecule has 1 aliphatic carbocycles. The number of rotatable bonds is 5.